The van der Waals surface area contributed by atoms with E-state index in [9.17, 15) is 0 Å². The van der Waals surface area contributed by atoms with Crippen LogP contribution in [0, 0.1) is 0 Å². The highest BCUT2D eigenvalue weighted by Gasteiger charge is 2.18. The molecule has 3 rings (SSSR count). The first-order chi connectivity index (χ1) is 8.43. The third kappa shape index (κ3) is 2.51. The van der Waals surface area contributed by atoms with Crippen LogP contribution in [0.15, 0.2) is 0 Å². The predicted octanol–water partition coefficient (Wildman–Crippen LogP) is 1.69. The van der Waals surface area contributed by atoms with Crippen molar-refractivity contribution in [3.8, 4) is 0 Å². The molecule has 0 radical (unpaired) electrons. The fourth-order valence-electron chi connectivity index (χ4n) is 3.03. The second kappa shape index (κ2) is 5.17. The molecule has 1 fully saturated rings. The molecule has 4 nitrogen and oxygen atoms in total. The van der Waals surface area contributed by atoms with Crippen LogP contribution in [-0.2, 0) is 19.4 Å². The van der Waals surface area contributed by atoms with E-state index >= 15 is 0 Å². The summed E-state index contributed by atoms with van der Waals surface area (Å²) in [6, 6.07) is 0.709. The zero-order valence-corrected chi connectivity index (χ0v) is 10.5. The normalized spacial score (nSPS) is 24.6. The molecule has 0 bridgehead atoms. The molecule has 0 aromatic carbocycles. The Bertz CT molecular complexity index is 365. The number of hydrogen-bond acceptors (Lipinski definition) is 3. The Hall–Kier alpha value is -0.900. The fraction of sp³-hybridized carbons (Fsp3) is 0.846. The topological polar surface area (TPSA) is 42.7 Å². The maximum atomic E-state index is 4.37. The monoisotopic (exact) mass is 234 g/mol. The van der Waals surface area contributed by atoms with Gasteiger partial charge in [0, 0.05) is 25.4 Å². The second-order valence-corrected chi connectivity index (χ2v) is 5.33. The van der Waals surface area contributed by atoms with Gasteiger partial charge in [-0.25, -0.2) is 0 Å². The molecule has 2 aliphatic rings. The van der Waals surface area contributed by atoms with Gasteiger partial charge in [0.25, 0.3) is 0 Å². The van der Waals surface area contributed by atoms with Gasteiger partial charge in [0.1, 0.15) is 11.6 Å². The Labute approximate surface area is 103 Å². The summed E-state index contributed by atoms with van der Waals surface area (Å²) in [7, 11) is 0. The predicted molar refractivity (Wildman–Crippen MR) is 66.9 cm³/mol. The highest BCUT2D eigenvalue weighted by atomic mass is 15.3. The van der Waals surface area contributed by atoms with Crippen LogP contribution in [0.25, 0.3) is 0 Å². The van der Waals surface area contributed by atoms with Crippen LogP contribution < -0.4 is 5.32 Å². The van der Waals surface area contributed by atoms with Gasteiger partial charge in [-0.1, -0.05) is 6.42 Å². The Morgan fingerprint density at radius 2 is 2.18 bits per heavy atom. The molecule has 0 aliphatic carbocycles. The molecule has 94 valence electrons. The standard InChI is InChI=1S/C13H22N4/c1-3-9-14-11(5-1)7-8-13-16-15-12-6-2-4-10-17(12)13/h11,14H,1-10H2. The molecule has 0 saturated carbocycles. The van der Waals surface area contributed by atoms with Crippen molar-refractivity contribution < 1.29 is 0 Å². The van der Waals surface area contributed by atoms with Crippen LogP contribution >= 0.6 is 0 Å². The van der Waals surface area contributed by atoms with E-state index in [1.807, 2.05) is 0 Å². The van der Waals surface area contributed by atoms with Gasteiger partial charge in [-0.3, -0.25) is 0 Å². The van der Waals surface area contributed by atoms with Crippen molar-refractivity contribution >= 4 is 0 Å². The summed E-state index contributed by atoms with van der Waals surface area (Å²) in [6.45, 7) is 2.33. The Kier molecular flexibility index (Phi) is 3.41. The van der Waals surface area contributed by atoms with E-state index < -0.39 is 0 Å². The largest absolute Gasteiger partial charge is 0.315 e. The van der Waals surface area contributed by atoms with E-state index in [4.69, 9.17) is 0 Å². The lowest BCUT2D eigenvalue weighted by molar-refractivity contribution is 0.377. The molecule has 1 N–H and O–H groups in total. The molecule has 0 spiro atoms. The van der Waals surface area contributed by atoms with Crippen molar-refractivity contribution in [1.82, 2.24) is 20.1 Å². The van der Waals surface area contributed by atoms with E-state index in [-0.39, 0.29) is 0 Å². The maximum Gasteiger partial charge on any atom is 0.133 e. The lowest BCUT2D eigenvalue weighted by atomic mass is 10.0. The van der Waals surface area contributed by atoms with Crippen molar-refractivity contribution in [1.29, 1.82) is 0 Å². The molecule has 1 aromatic rings. The lowest BCUT2D eigenvalue weighted by Gasteiger charge is -2.23. The van der Waals surface area contributed by atoms with Crippen LogP contribution in [0.1, 0.15) is 50.2 Å². The number of fused-ring (bicyclic) bond motifs is 1. The van der Waals surface area contributed by atoms with Crippen molar-refractivity contribution in [2.75, 3.05) is 6.54 Å². The Balaban J connectivity index is 1.59. The molecule has 0 amide bonds. The van der Waals surface area contributed by atoms with Gasteiger partial charge in [0.2, 0.25) is 0 Å². The Morgan fingerprint density at radius 3 is 3.06 bits per heavy atom. The summed E-state index contributed by atoms with van der Waals surface area (Å²) in [6.07, 6.45) is 10.1. The molecular formula is C13H22N4. The molecule has 1 saturated heterocycles. The summed E-state index contributed by atoms with van der Waals surface area (Å²) >= 11 is 0. The minimum absolute atomic E-state index is 0.709. The maximum absolute atomic E-state index is 4.37. The minimum atomic E-state index is 0.709. The first-order valence-corrected chi connectivity index (χ1v) is 7.08. The number of piperidine rings is 1. The molecule has 3 heterocycles. The summed E-state index contributed by atoms with van der Waals surface area (Å²) < 4.78 is 2.35. The van der Waals surface area contributed by atoms with Gasteiger partial charge < -0.3 is 9.88 Å². The van der Waals surface area contributed by atoms with E-state index in [1.54, 1.807) is 0 Å². The quantitative estimate of drug-likeness (QED) is 0.865. The van der Waals surface area contributed by atoms with Crippen molar-refractivity contribution in [2.24, 2.45) is 0 Å². The van der Waals surface area contributed by atoms with Crippen LogP contribution in [0.5, 0.6) is 0 Å². The first kappa shape index (κ1) is 11.2. The highest BCUT2D eigenvalue weighted by molar-refractivity contribution is 4.99. The molecule has 1 aromatic heterocycles. The van der Waals surface area contributed by atoms with Crippen LogP contribution in [0.3, 0.4) is 0 Å². The van der Waals surface area contributed by atoms with Crippen molar-refractivity contribution in [3.63, 3.8) is 0 Å². The highest BCUT2D eigenvalue weighted by Crippen LogP contribution is 2.17. The van der Waals surface area contributed by atoms with Crippen LogP contribution in [0.4, 0.5) is 0 Å². The van der Waals surface area contributed by atoms with Gasteiger partial charge in [-0.05, 0) is 38.6 Å². The van der Waals surface area contributed by atoms with Gasteiger partial charge in [0.05, 0.1) is 0 Å². The van der Waals surface area contributed by atoms with E-state index in [1.165, 1.54) is 56.7 Å². The van der Waals surface area contributed by atoms with E-state index in [0.717, 1.165) is 19.4 Å². The van der Waals surface area contributed by atoms with Crippen LogP contribution in [-0.4, -0.2) is 27.4 Å². The minimum Gasteiger partial charge on any atom is -0.315 e. The van der Waals surface area contributed by atoms with Gasteiger partial charge >= 0.3 is 0 Å². The fourth-order valence-corrected chi connectivity index (χ4v) is 3.03. The number of aromatic nitrogens is 3. The second-order valence-electron chi connectivity index (χ2n) is 5.33. The molecule has 1 atom stereocenters. The van der Waals surface area contributed by atoms with Crippen LogP contribution in [0.2, 0.25) is 0 Å². The summed E-state index contributed by atoms with van der Waals surface area (Å²) in [5.74, 6) is 2.43. The smallest absolute Gasteiger partial charge is 0.133 e. The van der Waals surface area contributed by atoms with E-state index in [0.29, 0.717) is 6.04 Å². The molecule has 2 aliphatic heterocycles. The van der Waals surface area contributed by atoms with Gasteiger partial charge in [-0.15, -0.1) is 10.2 Å². The van der Waals surface area contributed by atoms with Gasteiger partial charge in [-0.2, -0.15) is 0 Å². The van der Waals surface area contributed by atoms with E-state index in [2.05, 4.69) is 20.1 Å². The van der Waals surface area contributed by atoms with Crippen molar-refractivity contribution in [3.05, 3.63) is 11.6 Å². The number of nitrogens with zero attached hydrogens (tertiary/aromatic N) is 3. The number of aryl methyl sites for hydroxylation is 2. The number of nitrogens with one attached hydrogen (secondary N) is 1. The number of rotatable bonds is 3. The van der Waals surface area contributed by atoms with Crippen molar-refractivity contribution in [2.45, 2.75) is 64.0 Å². The van der Waals surface area contributed by atoms with Gasteiger partial charge in [0.15, 0.2) is 0 Å². The average molecular weight is 234 g/mol. The molecule has 4 heteroatoms. The Morgan fingerprint density at radius 1 is 1.18 bits per heavy atom. The molecule has 17 heavy (non-hydrogen) atoms. The summed E-state index contributed by atoms with van der Waals surface area (Å²) in [4.78, 5) is 0. The molecule has 1 unspecified atom stereocenters. The molecular weight excluding hydrogens is 212 g/mol. The first-order valence-electron chi connectivity index (χ1n) is 7.08. The zero-order chi connectivity index (χ0) is 11.5. The number of hydrogen-bond donors (Lipinski definition) is 1. The third-order valence-electron chi connectivity index (χ3n) is 4.06. The summed E-state index contributed by atoms with van der Waals surface area (Å²) in [5.41, 5.74) is 0. The zero-order valence-electron chi connectivity index (χ0n) is 10.5. The SMILES string of the molecule is C1CCC(CCc2nnc3n2CCCC3)NC1. The average Bonchev–Trinajstić information content (AvgIpc) is 2.81. The lowest BCUT2D eigenvalue weighted by Crippen LogP contribution is -2.34. The summed E-state index contributed by atoms with van der Waals surface area (Å²) in [5, 5.41) is 12.3. The third-order valence-corrected chi connectivity index (χ3v) is 4.06.